The SMILES string of the molecule is CCCCNC(=O)CNc1cc(C(=O)OC)ccc1C. The molecule has 1 rings (SSSR count). The molecule has 0 unspecified atom stereocenters. The number of ether oxygens (including phenoxy) is 1. The summed E-state index contributed by atoms with van der Waals surface area (Å²) in [5, 5.41) is 5.87. The van der Waals surface area contributed by atoms with Crippen molar-refractivity contribution in [3.8, 4) is 0 Å². The zero-order valence-corrected chi connectivity index (χ0v) is 12.3. The Labute approximate surface area is 119 Å². The summed E-state index contributed by atoms with van der Waals surface area (Å²) in [4.78, 5) is 23.1. The van der Waals surface area contributed by atoms with Gasteiger partial charge in [0.2, 0.25) is 5.91 Å². The highest BCUT2D eigenvalue weighted by Crippen LogP contribution is 2.17. The monoisotopic (exact) mass is 278 g/mol. The van der Waals surface area contributed by atoms with Gasteiger partial charge in [0.25, 0.3) is 0 Å². The van der Waals surface area contributed by atoms with Crippen LogP contribution in [0.25, 0.3) is 0 Å². The maximum absolute atomic E-state index is 11.6. The van der Waals surface area contributed by atoms with Crippen molar-refractivity contribution in [1.82, 2.24) is 5.32 Å². The van der Waals surface area contributed by atoms with E-state index in [9.17, 15) is 9.59 Å². The molecule has 0 aliphatic carbocycles. The van der Waals surface area contributed by atoms with E-state index in [1.165, 1.54) is 7.11 Å². The van der Waals surface area contributed by atoms with Crippen molar-refractivity contribution in [3.63, 3.8) is 0 Å². The van der Waals surface area contributed by atoms with Crippen LogP contribution in [-0.4, -0.2) is 32.1 Å². The molecule has 0 aliphatic heterocycles. The summed E-state index contributed by atoms with van der Waals surface area (Å²) in [6, 6.07) is 5.22. The molecule has 0 heterocycles. The van der Waals surface area contributed by atoms with E-state index in [2.05, 4.69) is 22.3 Å². The summed E-state index contributed by atoms with van der Waals surface area (Å²) in [6.07, 6.45) is 2.02. The third-order valence-electron chi connectivity index (χ3n) is 2.95. The molecule has 0 saturated heterocycles. The molecule has 5 heteroatoms. The van der Waals surface area contributed by atoms with Crippen LogP contribution in [-0.2, 0) is 9.53 Å². The molecule has 2 N–H and O–H groups in total. The van der Waals surface area contributed by atoms with E-state index in [1.54, 1.807) is 12.1 Å². The van der Waals surface area contributed by atoms with Crippen LogP contribution in [0.5, 0.6) is 0 Å². The summed E-state index contributed by atoms with van der Waals surface area (Å²) in [7, 11) is 1.34. The zero-order chi connectivity index (χ0) is 15.0. The summed E-state index contributed by atoms with van der Waals surface area (Å²) >= 11 is 0. The molecule has 0 radical (unpaired) electrons. The number of amides is 1. The molecule has 0 atom stereocenters. The Morgan fingerprint density at radius 1 is 1.30 bits per heavy atom. The van der Waals surface area contributed by atoms with Crippen LogP contribution in [0.1, 0.15) is 35.7 Å². The van der Waals surface area contributed by atoms with Gasteiger partial charge in [0.05, 0.1) is 19.2 Å². The normalized spacial score (nSPS) is 9.95. The first-order chi connectivity index (χ1) is 9.58. The maximum atomic E-state index is 11.6. The lowest BCUT2D eigenvalue weighted by Crippen LogP contribution is -2.30. The number of rotatable bonds is 7. The molecule has 0 aromatic heterocycles. The van der Waals surface area contributed by atoms with Gasteiger partial charge in [-0.1, -0.05) is 19.4 Å². The molecule has 20 heavy (non-hydrogen) atoms. The number of esters is 1. The van der Waals surface area contributed by atoms with Crippen LogP contribution in [0.2, 0.25) is 0 Å². The summed E-state index contributed by atoms with van der Waals surface area (Å²) in [6.45, 7) is 4.87. The van der Waals surface area contributed by atoms with E-state index >= 15 is 0 Å². The number of carbonyl (C=O) groups excluding carboxylic acids is 2. The quantitative estimate of drug-likeness (QED) is 0.592. The third kappa shape index (κ3) is 4.91. The highest BCUT2D eigenvalue weighted by atomic mass is 16.5. The summed E-state index contributed by atoms with van der Waals surface area (Å²) in [5.74, 6) is -0.443. The Morgan fingerprint density at radius 3 is 2.70 bits per heavy atom. The van der Waals surface area contributed by atoms with Gasteiger partial charge in [-0.2, -0.15) is 0 Å². The molecule has 1 aromatic carbocycles. The van der Waals surface area contributed by atoms with E-state index in [0.29, 0.717) is 12.1 Å². The van der Waals surface area contributed by atoms with Gasteiger partial charge >= 0.3 is 5.97 Å². The Hall–Kier alpha value is -2.04. The number of aryl methyl sites for hydroxylation is 1. The van der Waals surface area contributed by atoms with Crippen LogP contribution >= 0.6 is 0 Å². The second-order valence-corrected chi connectivity index (χ2v) is 4.58. The molecular weight excluding hydrogens is 256 g/mol. The van der Waals surface area contributed by atoms with Crippen molar-refractivity contribution < 1.29 is 14.3 Å². The first kappa shape index (κ1) is 16.0. The highest BCUT2D eigenvalue weighted by molar-refractivity contribution is 5.91. The number of benzene rings is 1. The minimum Gasteiger partial charge on any atom is -0.465 e. The number of carbonyl (C=O) groups is 2. The van der Waals surface area contributed by atoms with Gasteiger partial charge in [-0.05, 0) is 31.0 Å². The number of nitrogens with one attached hydrogen (secondary N) is 2. The molecule has 0 aliphatic rings. The zero-order valence-electron chi connectivity index (χ0n) is 12.3. The van der Waals surface area contributed by atoms with Gasteiger partial charge in [-0.25, -0.2) is 4.79 Å². The van der Waals surface area contributed by atoms with E-state index in [1.807, 2.05) is 13.0 Å². The molecule has 0 spiro atoms. The van der Waals surface area contributed by atoms with Gasteiger partial charge < -0.3 is 15.4 Å². The minimum atomic E-state index is -0.388. The Bertz CT molecular complexity index is 472. The number of methoxy groups -OCH3 is 1. The summed E-state index contributed by atoms with van der Waals surface area (Å²) in [5.41, 5.74) is 2.20. The highest BCUT2D eigenvalue weighted by Gasteiger charge is 2.08. The van der Waals surface area contributed by atoms with Crippen molar-refractivity contribution >= 4 is 17.6 Å². The Balaban J connectivity index is 2.58. The first-order valence-corrected chi connectivity index (χ1v) is 6.78. The predicted octanol–water partition coefficient (Wildman–Crippen LogP) is 2.11. The fourth-order valence-corrected chi connectivity index (χ4v) is 1.70. The van der Waals surface area contributed by atoms with Crippen LogP contribution in [0, 0.1) is 6.92 Å². The average Bonchev–Trinajstić information content (AvgIpc) is 2.46. The van der Waals surface area contributed by atoms with Gasteiger partial charge in [-0.15, -0.1) is 0 Å². The standard InChI is InChI=1S/C15H22N2O3/c1-4-5-8-16-14(18)10-17-13-9-12(15(19)20-3)7-6-11(13)2/h6-7,9,17H,4-5,8,10H2,1-3H3,(H,16,18). The van der Waals surface area contributed by atoms with Crippen molar-refractivity contribution in [2.45, 2.75) is 26.7 Å². The van der Waals surface area contributed by atoms with Crippen molar-refractivity contribution in [1.29, 1.82) is 0 Å². The first-order valence-electron chi connectivity index (χ1n) is 6.78. The van der Waals surface area contributed by atoms with Crippen molar-refractivity contribution in [2.75, 3.05) is 25.5 Å². The van der Waals surface area contributed by atoms with Crippen LogP contribution in [0.3, 0.4) is 0 Å². The lowest BCUT2D eigenvalue weighted by molar-refractivity contribution is -0.119. The topological polar surface area (TPSA) is 67.4 Å². The lowest BCUT2D eigenvalue weighted by atomic mass is 10.1. The van der Waals surface area contributed by atoms with Crippen molar-refractivity contribution in [2.24, 2.45) is 0 Å². The number of hydrogen-bond acceptors (Lipinski definition) is 4. The van der Waals surface area contributed by atoms with Gasteiger partial charge in [-0.3, -0.25) is 4.79 Å². The third-order valence-corrected chi connectivity index (χ3v) is 2.95. The Morgan fingerprint density at radius 2 is 2.05 bits per heavy atom. The predicted molar refractivity (Wildman–Crippen MR) is 78.9 cm³/mol. The molecule has 0 saturated carbocycles. The van der Waals surface area contributed by atoms with E-state index in [-0.39, 0.29) is 18.4 Å². The van der Waals surface area contributed by atoms with Gasteiger partial charge in [0.1, 0.15) is 0 Å². The molecule has 110 valence electrons. The van der Waals surface area contributed by atoms with E-state index in [0.717, 1.165) is 24.1 Å². The molecule has 1 amide bonds. The van der Waals surface area contributed by atoms with E-state index in [4.69, 9.17) is 0 Å². The van der Waals surface area contributed by atoms with Gasteiger partial charge in [0, 0.05) is 12.2 Å². The Kier molecular flexibility index (Phi) is 6.56. The van der Waals surface area contributed by atoms with Crippen LogP contribution in [0.4, 0.5) is 5.69 Å². The smallest absolute Gasteiger partial charge is 0.337 e. The largest absolute Gasteiger partial charge is 0.465 e. The lowest BCUT2D eigenvalue weighted by Gasteiger charge is -2.11. The fraction of sp³-hybridized carbons (Fsp3) is 0.467. The van der Waals surface area contributed by atoms with E-state index < -0.39 is 0 Å². The molecular formula is C15H22N2O3. The number of unbranched alkanes of at least 4 members (excludes halogenated alkanes) is 1. The molecule has 1 aromatic rings. The van der Waals surface area contributed by atoms with Gasteiger partial charge in [0.15, 0.2) is 0 Å². The van der Waals surface area contributed by atoms with Crippen LogP contribution in [0.15, 0.2) is 18.2 Å². The average molecular weight is 278 g/mol. The second-order valence-electron chi connectivity index (χ2n) is 4.58. The fourth-order valence-electron chi connectivity index (χ4n) is 1.70. The number of hydrogen-bond donors (Lipinski definition) is 2. The second kappa shape index (κ2) is 8.19. The number of anilines is 1. The molecule has 0 fully saturated rings. The van der Waals surface area contributed by atoms with Crippen molar-refractivity contribution in [3.05, 3.63) is 29.3 Å². The molecule has 5 nitrogen and oxygen atoms in total. The summed E-state index contributed by atoms with van der Waals surface area (Å²) < 4.78 is 4.68. The minimum absolute atomic E-state index is 0.0543. The van der Waals surface area contributed by atoms with Crippen LogP contribution < -0.4 is 10.6 Å². The molecule has 0 bridgehead atoms. The maximum Gasteiger partial charge on any atom is 0.337 e.